The molecule has 2 amide bonds. The highest BCUT2D eigenvalue weighted by atomic mass is 16.6. The van der Waals surface area contributed by atoms with Gasteiger partial charge in [0.05, 0.1) is 19.1 Å². The maximum absolute atomic E-state index is 13.1. The van der Waals surface area contributed by atoms with Crippen molar-refractivity contribution in [2.45, 2.75) is 57.9 Å². The van der Waals surface area contributed by atoms with E-state index in [4.69, 9.17) is 14.2 Å². The first-order valence-electron chi connectivity index (χ1n) is 11.2. The topological polar surface area (TPSA) is 103 Å². The summed E-state index contributed by atoms with van der Waals surface area (Å²) in [5.74, 6) is -1.15. The van der Waals surface area contributed by atoms with Gasteiger partial charge in [-0.3, -0.25) is 9.59 Å². The zero-order valence-corrected chi connectivity index (χ0v) is 20.2. The highest BCUT2D eigenvalue weighted by molar-refractivity contribution is 5.89. The minimum atomic E-state index is -1.17. The number of carbonyl (C=O) groups is 3. The minimum Gasteiger partial charge on any atom is -0.461 e. The predicted octanol–water partition coefficient (Wildman–Crippen LogP) is 3.39. The lowest BCUT2D eigenvalue weighted by Gasteiger charge is -2.25. The normalized spacial score (nSPS) is 12.8. The largest absolute Gasteiger partial charge is 0.461 e. The number of carbonyl (C=O) groups excluding carboxylic acids is 3. The van der Waals surface area contributed by atoms with Gasteiger partial charge in [-0.15, -0.1) is 0 Å². The Hall–Kier alpha value is -3.39. The molecule has 2 aromatic rings. The number of hydrogen-bond donors (Lipinski definition) is 2. The standard InChI is InChI=1S/C26H34N2O6/c1-26(2,3)34-25(31)28-22(16-23(29)33-17-20-13-9-6-10-14-20)24(30)27-21(18-32-4)15-19-11-7-5-8-12-19/h5-14,21-22H,15-18H2,1-4H3,(H,27,30)(H,28,31). The molecule has 0 bridgehead atoms. The van der Waals surface area contributed by atoms with Crippen LogP contribution in [0.3, 0.4) is 0 Å². The first kappa shape index (κ1) is 26.9. The van der Waals surface area contributed by atoms with Gasteiger partial charge in [0.2, 0.25) is 5.91 Å². The van der Waals surface area contributed by atoms with Crippen molar-refractivity contribution in [2.75, 3.05) is 13.7 Å². The third-order valence-electron chi connectivity index (χ3n) is 4.66. The van der Waals surface area contributed by atoms with Crippen LogP contribution in [0, 0.1) is 0 Å². The Labute approximate surface area is 201 Å². The van der Waals surface area contributed by atoms with Gasteiger partial charge in [0, 0.05) is 7.11 Å². The average Bonchev–Trinajstić information content (AvgIpc) is 2.77. The van der Waals surface area contributed by atoms with E-state index in [1.807, 2.05) is 60.7 Å². The molecular formula is C26H34N2O6. The molecule has 2 unspecified atom stereocenters. The van der Waals surface area contributed by atoms with Crippen LogP contribution >= 0.6 is 0 Å². The van der Waals surface area contributed by atoms with E-state index >= 15 is 0 Å². The molecule has 0 fully saturated rings. The average molecular weight is 471 g/mol. The first-order valence-corrected chi connectivity index (χ1v) is 11.2. The van der Waals surface area contributed by atoms with E-state index in [9.17, 15) is 14.4 Å². The van der Waals surface area contributed by atoms with Crippen molar-refractivity contribution >= 4 is 18.0 Å². The van der Waals surface area contributed by atoms with Crippen LogP contribution in [0.5, 0.6) is 0 Å². The van der Waals surface area contributed by atoms with Gasteiger partial charge < -0.3 is 24.8 Å². The second kappa shape index (κ2) is 13.3. The predicted molar refractivity (Wildman–Crippen MR) is 128 cm³/mol. The lowest BCUT2D eigenvalue weighted by atomic mass is 10.1. The fraction of sp³-hybridized carbons (Fsp3) is 0.423. The number of benzene rings is 2. The van der Waals surface area contributed by atoms with Gasteiger partial charge >= 0.3 is 12.1 Å². The molecule has 0 saturated heterocycles. The molecule has 34 heavy (non-hydrogen) atoms. The molecule has 0 radical (unpaired) electrons. The van der Waals surface area contributed by atoms with Crippen LogP contribution in [0.4, 0.5) is 4.79 Å². The summed E-state index contributed by atoms with van der Waals surface area (Å²) in [5, 5.41) is 5.37. The Kier molecular flexibility index (Phi) is 10.5. The molecule has 8 heteroatoms. The van der Waals surface area contributed by atoms with Gasteiger partial charge in [0.1, 0.15) is 18.2 Å². The van der Waals surface area contributed by atoms with Crippen molar-refractivity contribution < 1.29 is 28.6 Å². The molecule has 0 aromatic heterocycles. The number of ether oxygens (including phenoxy) is 3. The highest BCUT2D eigenvalue weighted by Crippen LogP contribution is 2.09. The fourth-order valence-electron chi connectivity index (χ4n) is 3.18. The third-order valence-corrected chi connectivity index (χ3v) is 4.66. The van der Waals surface area contributed by atoms with E-state index in [2.05, 4.69) is 10.6 Å². The molecule has 0 heterocycles. The van der Waals surface area contributed by atoms with Gasteiger partial charge in [-0.2, -0.15) is 0 Å². The lowest BCUT2D eigenvalue weighted by Crippen LogP contribution is -2.52. The molecule has 0 spiro atoms. The summed E-state index contributed by atoms with van der Waals surface area (Å²) in [4.78, 5) is 37.9. The summed E-state index contributed by atoms with van der Waals surface area (Å²) < 4.78 is 15.8. The summed E-state index contributed by atoms with van der Waals surface area (Å²) in [6, 6.07) is 17.3. The molecule has 184 valence electrons. The Balaban J connectivity index is 2.06. The summed E-state index contributed by atoms with van der Waals surface area (Å²) in [5.41, 5.74) is 1.08. The Morgan fingerprint density at radius 2 is 1.47 bits per heavy atom. The summed E-state index contributed by atoms with van der Waals surface area (Å²) in [6.45, 7) is 5.47. The Bertz CT molecular complexity index is 912. The van der Waals surface area contributed by atoms with Crippen LogP contribution < -0.4 is 10.6 Å². The van der Waals surface area contributed by atoms with Crippen LogP contribution in [0.15, 0.2) is 60.7 Å². The van der Waals surface area contributed by atoms with Crippen molar-refractivity contribution in [1.82, 2.24) is 10.6 Å². The molecule has 0 saturated carbocycles. The Morgan fingerprint density at radius 1 is 0.882 bits per heavy atom. The summed E-state index contributed by atoms with van der Waals surface area (Å²) in [7, 11) is 1.54. The molecule has 2 aromatic carbocycles. The van der Waals surface area contributed by atoms with Crippen LogP contribution in [-0.2, 0) is 36.8 Å². The van der Waals surface area contributed by atoms with Gasteiger partial charge in [-0.1, -0.05) is 60.7 Å². The van der Waals surface area contributed by atoms with Crippen molar-refractivity contribution in [2.24, 2.45) is 0 Å². The van der Waals surface area contributed by atoms with Crippen molar-refractivity contribution in [3.63, 3.8) is 0 Å². The molecule has 2 rings (SSSR count). The molecule has 2 atom stereocenters. The molecule has 8 nitrogen and oxygen atoms in total. The number of methoxy groups -OCH3 is 1. The second-order valence-electron chi connectivity index (χ2n) is 8.90. The van der Waals surface area contributed by atoms with Crippen molar-refractivity contribution in [3.05, 3.63) is 71.8 Å². The second-order valence-corrected chi connectivity index (χ2v) is 8.90. The zero-order valence-electron chi connectivity index (χ0n) is 20.2. The van der Waals surface area contributed by atoms with Crippen LogP contribution in [-0.4, -0.2) is 49.4 Å². The van der Waals surface area contributed by atoms with E-state index in [1.165, 1.54) is 0 Å². The number of amides is 2. The van der Waals surface area contributed by atoms with Crippen molar-refractivity contribution in [1.29, 1.82) is 0 Å². The highest BCUT2D eigenvalue weighted by Gasteiger charge is 2.29. The van der Waals surface area contributed by atoms with E-state index in [0.717, 1.165) is 11.1 Å². The number of esters is 1. The SMILES string of the molecule is COCC(Cc1ccccc1)NC(=O)C(CC(=O)OCc1ccccc1)NC(=O)OC(C)(C)C. The fourth-order valence-corrected chi connectivity index (χ4v) is 3.18. The molecule has 0 aliphatic rings. The van der Waals surface area contributed by atoms with Crippen LogP contribution in [0.25, 0.3) is 0 Å². The summed E-state index contributed by atoms with van der Waals surface area (Å²) in [6.07, 6.45) is -0.615. The van der Waals surface area contributed by atoms with E-state index in [0.29, 0.717) is 6.42 Å². The quantitative estimate of drug-likeness (QED) is 0.488. The minimum absolute atomic E-state index is 0.0702. The summed E-state index contributed by atoms with van der Waals surface area (Å²) >= 11 is 0. The molecule has 0 aliphatic carbocycles. The van der Waals surface area contributed by atoms with Gasteiger partial charge in [-0.05, 0) is 38.3 Å². The van der Waals surface area contributed by atoms with E-state index in [1.54, 1.807) is 27.9 Å². The number of alkyl carbamates (subject to hydrolysis) is 1. The van der Waals surface area contributed by atoms with Crippen LogP contribution in [0.1, 0.15) is 38.3 Å². The van der Waals surface area contributed by atoms with Gasteiger partial charge in [-0.25, -0.2) is 4.79 Å². The van der Waals surface area contributed by atoms with Gasteiger partial charge in [0.15, 0.2) is 0 Å². The monoisotopic (exact) mass is 470 g/mol. The van der Waals surface area contributed by atoms with Crippen molar-refractivity contribution in [3.8, 4) is 0 Å². The third kappa shape index (κ3) is 10.5. The number of hydrogen-bond acceptors (Lipinski definition) is 6. The maximum atomic E-state index is 13.1. The van der Waals surface area contributed by atoms with E-state index < -0.39 is 29.6 Å². The van der Waals surface area contributed by atoms with E-state index in [-0.39, 0.29) is 25.7 Å². The molecule has 2 N–H and O–H groups in total. The molecule has 0 aliphatic heterocycles. The first-order chi connectivity index (χ1) is 16.2. The number of nitrogens with one attached hydrogen (secondary N) is 2. The smallest absolute Gasteiger partial charge is 0.408 e. The Morgan fingerprint density at radius 3 is 2.03 bits per heavy atom. The zero-order chi connectivity index (χ0) is 25.0. The van der Waals surface area contributed by atoms with Gasteiger partial charge in [0.25, 0.3) is 0 Å². The van der Waals surface area contributed by atoms with Crippen LogP contribution in [0.2, 0.25) is 0 Å². The number of rotatable bonds is 11. The maximum Gasteiger partial charge on any atom is 0.408 e. The lowest BCUT2D eigenvalue weighted by molar-refractivity contribution is -0.147. The molecular weight excluding hydrogens is 436 g/mol.